The Kier molecular flexibility index (Phi) is 6.53. The molecule has 0 aliphatic carbocycles. The van der Waals surface area contributed by atoms with Crippen LogP contribution in [0.15, 0.2) is 47.5 Å². The van der Waals surface area contributed by atoms with E-state index in [1.165, 1.54) is 5.56 Å². The number of hydrogen-bond acceptors (Lipinski definition) is 6. The van der Waals surface area contributed by atoms with Gasteiger partial charge in [-0.1, -0.05) is 35.0 Å². The van der Waals surface area contributed by atoms with Crippen LogP contribution in [0.4, 0.5) is 0 Å². The summed E-state index contributed by atoms with van der Waals surface area (Å²) in [6.07, 6.45) is 8.11. The maximum Gasteiger partial charge on any atom is 0.241 e. The summed E-state index contributed by atoms with van der Waals surface area (Å²) in [5, 5.41) is 7.18. The molecule has 1 aliphatic rings. The zero-order chi connectivity index (χ0) is 20.8. The molecule has 1 fully saturated rings. The predicted molar refractivity (Wildman–Crippen MR) is 112 cm³/mol. The minimum Gasteiger partial charge on any atom is -0.356 e. The first-order valence-corrected chi connectivity index (χ1v) is 10.5. The van der Waals surface area contributed by atoms with Gasteiger partial charge in [0.25, 0.3) is 0 Å². The van der Waals surface area contributed by atoms with Crippen molar-refractivity contribution in [3.63, 3.8) is 0 Å². The van der Waals surface area contributed by atoms with E-state index in [2.05, 4.69) is 32.3 Å². The molecule has 3 aromatic rings. The van der Waals surface area contributed by atoms with Gasteiger partial charge in [0, 0.05) is 37.0 Å². The molecule has 0 bridgehead atoms. The van der Waals surface area contributed by atoms with Crippen LogP contribution in [0, 0.1) is 12.8 Å². The van der Waals surface area contributed by atoms with Gasteiger partial charge in [-0.2, -0.15) is 4.98 Å². The summed E-state index contributed by atoms with van der Waals surface area (Å²) in [6, 6.07) is 8.09. The van der Waals surface area contributed by atoms with E-state index in [0.717, 1.165) is 44.5 Å². The lowest BCUT2D eigenvalue weighted by molar-refractivity contribution is -0.126. The molecule has 0 saturated carbocycles. The molecule has 1 saturated heterocycles. The van der Waals surface area contributed by atoms with Crippen LogP contribution in [-0.4, -0.2) is 50.1 Å². The van der Waals surface area contributed by atoms with E-state index in [-0.39, 0.29) is 11.8 Å². The van der Waals surface area contributed by atoms with E-state index in [9.17, 15) is 4.79 Å². The van der Waals surface area contributed by atoms with Gasteiger partial charge in [0.1, 0.15) is 0 Å². The number of aromatic nitrogens is 4. The SMILES string of the molecule is Cc1ccc(-c2noc(CN3CCC(C(=O)NCCCn4ccnc4)CC3)n2)cc1. The van der Waals surface area contributed by atoms with Gasteiger partial charge in [0.05, 0.1) is 12.9 Å². The van der Waals surface area contributed by atoms with E-state index < -0.39 is 0 Å². The lowest BCUT2D eigenvalue weighted by Gasteiger charge is -2.30. The summed E-state index contributed by atoms with van der Waals surface area (Å²) in [6.45, 7) is 5.95. The molecule has 30 heavy (non-hydrogen) atoms. The third kappa shape index (κ3) is 5.33. The molecular weight excluding hydrogens is 380 g/mol. The van der Waals surface area contributed by atoms with Gasteiger partial charge in [0.2, 0.25) is 17.6 Å². The number of amides is 1. The number of aryl methyl sites for hydroxylation is 2. The highest BCUT2D eigenvalue weighted by Crippen LogP contribution is 2.21. The van der Waals surface area contributed by atoms with Gasteiger partial charge >= 0.3 is 0 Å². The maximum absolute atomic E-state index is 12.4. The summed E-state index contributed by atoms with van der Waals surface area (Å²) < 4.78 is 7.45. The van der Waals surface area contributed by atoms with Crippen LogP contribution in [0.2, 0.25) is 0 Å². The van der Waals surface area contributed by atoms with Gasteiger partial charge < -0.3 is 14.4 Å². The molecule has 1 aliphatic heterocycles. The van der Waals surface area contributed by atoms with Crippen LogP contribution in [0.3, 0.4) is 0 Å². The van der Waals surface area contributed by atoms with Crippen molar-refractivity contribution in [3.8, 4) is 11.4 Å². The van der Waals surface area contributed by atoms with Crippen molar-refractivity contribution in [1.29, 1.82) is 0 Å². The quantitative estimate of drug-likeness (QED) is 0.577. The van der Waals surface area contributed by atoms with Gasteiger partial charge in [0.15, 0.2) is 0 Å². The fourth-order valence-corrected chi connectivity index (χ4v) is 3.72. The maximum atomic E-state index is 12.4. The molecule has 0 atom stereocenters. The Hall–Kier alpha value is -3.00. The minimum atomic E-state index is 0.0836. The summed E-state index contributed by atoms with van der Waals surface area (Å²) in [7, 11) is 0. The predicted octanol–water partition coefficient (Wildman–Crippen LogP) is 2.66. The zero-order valence-corrected chi connectivity index (χ0v) is 17.3. The van der Waals surface area contributed by atoms with E-state index in [1.54, 1.807) is 12.5 Å². The molecule has 8 nitrogen and oxygen atoms in total. The Labute approximate surface area is 176 Å². The van der Waals surface area contributed by atoms with Crippen LogP contribution in [0.1, 0.15) is 30.7 Å². The summed E-state index contributed by atoms with van der Waals surface area (Å²) in [5.41, 5.74) is 2.16. The minimum absolute atomic E-state index is 0.0836. The van der Waals surface area contributed by atoms with Crippen LogP contribution in [0.25, 0.3) is 11.4 Å². The van der Waals surface area contributed by atoms with Crippen LogP contribution in [-0.2, 0) is 17.9 Å². The lowest BCUT2D eigenvalue weighted by atomic mass is 9.96. The Morgan fingerprint density at radius 3 is 2.77 bits per heavy atom. The van der Waals surface area contributed by atoms with Crippen molar-refractivity contribution in [2.24, 2.45) is 5.92 Å². The highest BCUT2D eigenvalue weighted by Gasteiger charge is 2.25. The molecule has 1 N–H and O–H groups in total. The van der Waals surface area contributed by atoms with E-state index in [0.29, 0.717) is 24.8 Å². The molecule has 0 radical (unpaired) electrons. The van der Waals surface area contributed by atoms with Gasteiger partial charge in [-0.05, 0) is 39.3 Å². The highest BCUT2D eigenvalue weighted by atomic mass is 16.5. The average Bonchev–Trinajstić information content (AvgIpc) is 3.44. The smallest absolute Gasteiger partial charge is 0.241 e. The Bertz CT molecular complexity index is 927. The molecule has 3 heterocycles. The molecule has 1 aromatic carbocycles. The normalized spacial score (nSPS) is 15.4. The second kappa shape index (κ2) is 9.67. The second-order valence-corrected chi connectivity index (χ2v) is 7.87. The number of carbonyl (C=O) groups is 1. The number of likely N-dealkylation sites (tertiary alicyclic amines) is 1. The topological polar surface area (TPSA) is 89.1 Å². The number of piperidine rings is 1. The van der Waals surface area contributed by atoms with Crippen molar-refractivity contribution >= 4 is 5.91 Å². The Morgan fingerprint density at radius 1 is 1.23 bits per heavy atom. The zero-order valence-electron chi connectivity index (χ0n) is 17.3. The Balaban J connectivity index is 1.18. The van der Waals surface area contributed by atoms with Crippen molar-refractivity contribution in [3.05, 3.63) is 54.4 Å². The highest BCUT2D eigenvalue weighted by molar-refractivity contribution is 5.78. The van der Waals surface area contributed by atoms with Gasteiger partial charge in [-0.15, -0.1) is 0 Å². The number of carbonyl (C=O) groups excluding carboxylic acids is 1. The van der Waals surface area contributed by atoms with Crippen LogP contribution >= 0.6 is 0 Å². The van der Waals surface area contributed by atoms with E-state index in [1.807, 2.05) is 35.0 Å². The fraction of sp³-hybridized carbons (Fsp3) is 0.455. The van der Waals surface area contributed by atoms with Crippen molar-refractivity contribution in [2.45, 2.75) is 39.3 Å². The number of nitrogens with one attached hydrogen (secondary N) is 1. The molecule has 158 valence electrons. The molecule has 0 spiro atoms. The largest absolute Gasteiger partial charge is 0.356 e. The fourth-order valence-electron chi connectivity index (χ4n) is 3.72. The van der Waals surface area contributed by atoms with Gasteiger partial charge in [-0.25, -0.2) is 4.98 Å². The van der Waals surface area contributed by atoms with E-state index in [4.69, 9.17) is 4.52 Å². The first kappa shape index (κ1) is 20.3. The first-order chi connectivity index (χ1) is 14.7. The van der Waals surface area contributed by atoms with E-state index >= 15 is 0 Å². The molecule has 2 aromatic heterocycles. The van der Waals surface area contributed by atoms with Crippen molar-refractivity contribution < 1.29 is 9.32 Å². The third-order valence-corrected chi connectivity index (χ3v) is 5.55. The number of nitrogens with zero attached hydrogens (tertiary/aromatic N) is 5. The molecule has 8 heteroatoms. The van der Waals surface area contributed by atoms with Crippen LogP contribution in [0.5, 0.6) is 0 Å². The first-order valence-electron chi connectivity index (χ1n) is 10.5. The molecule has 0 unspecified atom stereocenters. The summed E-state index contributed by atoms with van der Waals surface area (Å²) in [4.78, 5) is 23.2. The Morgan fingerprint density at radius 2 is 2.03 bits per heavy atom. The van der Waals surface area contributed by atoms with Crippen LogP contribution < -0.4 is 5.32 Å². The lowest BCUT2D eigenvalue weighted by Crippen LogP contribution is -2.40. The molecular formula is C22H28N6O2. The number of rotatable bonds is 8. The number of hydrogen-bond donors (Lipinski definition) is 1. The molecule has 1 amide bonds. The second-order valence-electron chi connectivity index (χ2n) is 7.87. The standard InChI is InChI=1S/C22H28N6O2/c1-17-3-5-18(6-4-17)21-25-20(30-26-21)15-27-12-7-19(8-13-27)22(29)24-9-2-11-28-14-10-23-16-28/h3-6,10,14,16,19H,2,7-9,11-13,15H2,1H3,(H,24,29). The third-order valence-electron chi connectivity index (χ3n) is 5.55. The van der Waals surface area contributed by atoms with Crippen molar-refractivity contribution in [1.82, 2.24) is 29.9 Å². The van der Waals surface area contributed by atoms with Gasteiger partial charge in [-0.3, -0.25) is 9.69 Å². The average molecular weight is 409 g/mol. The van der Waals surface area contributed by atoms with Crippen molar-refractivity contribution in [2.75, 3.05) is 19.6 Å². The number of imidazole rings is 1. The summed E-state index contributed by atoms with van der Waals surface area (Å²) in [5.74, 6) is 1.49. The number of benzene rings is 1. The monoisotopic (exact) mass is 408 g/mol. The summed E-state index contributed by atoms with van der Waals surface area (Å²) >= 11 is 0. The molecule has 4 rings (SSSR count).